The fraction of sp³-hybridized carbons (Fsp3) is 1.00. The van der Waals surface area contributed by atoms with Crippen LogP contribution in [0.4, 0.5) is 0 Å². The smallest absolute Gasteiger partial charge is 0.0594 e. The van der Waals surface area contributed by atoms with Crippen LogP contribution in [0.3, 0.4) is 0 Å². The lowest BCUT2D eigenvalue weighted by atomic mass is 10.3. The van der Waals surface area contributed by atoms with Crippen molar-refractivity contribution in [3.63, 3.8) is 0 Å². The van der Waals surface area contributed by atoms with Gasteiger partial charge in [0.05, 0.1) is 39.6 Å². The quantitative estimate of drug-likeness (QED) is 0.739. The van der Waals surface area contributed by atoms with Gasteiger partial charge < -0.3 is 14.2 Å². The summed E-state index contributed by atoms with van der Waals surface area (Å²) in [6, 6.07) is 1.54. The summed E-state index contributed by atoms with van der Waals surface area (Å²) >= 11 is 0. The van der Waals surface area contributed by atoms with Crippen LogP contribution in [0.15, 0.2) is 0 Å². The molecule has 1 saturated heterocycles. The molecule has 1 aliphatic rings. The molecule has 6 nitrogen and oxygen atoms in total. The van der Waals surface area contributed by atoms with Crippen molar-refractivity contribution in [3.8, 4) is 0 Å². The van der Waals surface area contributed by atoms with Crippen LogP contribution in [0.5, 0.6) is 0 Å². The molecule has 0 aromatic carbocycles. The maximum Gasteiger partial charge on any atom is 0.0594 e. The molecule has 0 amide bonds. The Kier molecular flexibility index (Phi) is 13.5. The first-order valence-corrected chi connectivity index (χ1v) is 10.9. The van der Waals surface area contributed by atoms with Gasteiger partial charge in [-0.3, -0.25) is 14.7 Å². The average Bonchev–Trinajstić information content (AvgIpc) is 2.60. The number of rotatable bonds is 3. The van der Waals surface area contributed by atoms with E-state index < -0.39 is 0 Å². The highest BCUT2D eigenvalue weighted by Gasteiger charge is 2.13. The van der Waals surface area contributed by atoms with Gasteiger partial charge in [0.2, 0.25) is 0 Å². The molecule has 0 saturated carbocycles. The minimum Gasteiger partial charge on any atom is -0.379 e. The summed E-state index contributed by atoms with van der Waals surface area (Å²) in [5.74, 6) is 0. The lowest BCUT2D eigenvalue weighted by molar-refractivity contribution is 0.0238. The van der Waals surface area contributed by atoms with Gasteiger partial charge in [0.1, 0.15) is 0 Å². The standard InChI is InChI=1S/C21H45N3O3/c1-19(2)22-7-13-25-15-9-23(20(3)4)11-17-27-18-12-24(21(5)6)10-16-26-14-8-22/h19-21H,7-18H2,1-6H3. The van der Waals surface area contributed by atoms with Gasteiger partial charge in [-0.05, 0) is 41.5 Å². The van der Waals surface area contributed by atoms with Crippen LogP contribution in [0.25, 0.3) is 0 Å². The number of hydrogen-bond acceptors (Lipinski definition) is 6. The molecule has 162 valence electrons. The second-order valence-electron chi connectivity index (χ2n) is 8.23. The van der Waals surface area contributed by atoms with Crippen LogP contribution >= 0.6 is 0 Å². The second-order valence-corrected chi connectivity index (χ2v) is 8.23. The van der Waals surface area contributed by atoms with E-state index in [4.69, 9.17) is 14.2 Å². The molecule has 0 atom stereocenters. The predicted octanol–water partition coefficient (Wildman–Crippen LogP) is 2.18. The fourth-order valence-corrected chi connectivity index (χ4v) is 3.28. The largest absolute Gasteiger partial charge is 0.379 e. The molecule has 1 aliphatic heterocycles. The first-order chi connectivity index (χ1) is 12.9. The molecule has 0 radical (unpaired) electrons. The Hall–Kier alpha value is -0.240. The lowest BCUT2D eigenvalue weighted by Crippen LogP contribution is -2.40. The summed E-state index contributed by atoms with van der Waals surface area (Å²) < 4.78 is 17.7. The van der Waals surface area contributed by atoms with E-state index in [1.54, 1.807) is 0 Å². The van der Waals surface area contributed by atoms with E-state index in [0.717, 1.165) is 78.9 Å². The van der Waals surface area contributed by atoms with E-state index in [0.29, 0.717) is 18.1 Å². The maximum absolute atomic E-state index is 5.91. The summed E-state index contributed by atoms with van der Waals surface area (Å²) in [7, 11) is 0. The van der Waals surface area contributed by atoms with Gasteiger partial charge in [-0.1, -0.05) is 0 Å². The van der Waals surface area contributed by atoms with Crippen LogP contribution in [0.1, 0.15) is 41.5 Å². The average molecular weight is 388 g/mol. The van der Waals surface area contributed by atoms with Gasteiger partial charge in [0.15, 0.2) is 0 Å². The first kappa shape index (κ1) is 24.8. The monoisotopic (exact) mass is 387 g/mol. The number of ether oxygens (including phenoxy) is 3. The third-order valence-corrected chi connectivity index (χ3v) is 5.33. The third kappa shape index (κ3) is 11.4. The van der Waals surface area contributed by atoms with Crippen LogP contribution in [-0.2, 0) is 14.2 Å². The Bertz CT molecular complexity index is 283. The lowest BCUT2D eigenvalue weighted by Gasteiger charge is -2.29. The van der Waals surface area contributed by atoms with Crippen molar-refractivity contribution in [1.82, 2.24) is 14.7 Å². The Labute approximate surface area is 168 Å². The van der Waals surface area contributed by atoms with Crippen molar-refractivity contribution in [2.24, 2.45) is 0 Å². The molecule has 0 aliphatic carbocycles. The number of nitrogens with zero attached hydrogens (tertiary/aromatic N) is 3. The van der Waals surface area contributed by atoms with Crippen LogP contribution in [0.2, 0.25) is 0 Å². The van der Waals surface area contributed by atoms with Gasteiger partial charge in [-0.2, -0.15) is 0 Å². The zero-order valence-corrected chi connectivity index (χ0v) is 18.8. The topological polar surface area (TPSA) is 37.4 Å². The van der Waals surface area contributed by atoms with E-state index in [-0.39, 0.29) is 0 Å². The molecule has 1 rings (SSSR count). The summed E-state index contributed by atoms with van der Waals surface area (Å²) in [5, 5.41) is 0. The highest BCUT2D eigenvalue weighted by atomic mass is 16.5. The molecule has 0 N–H and O–H groups in total. The second kappa shape index (κ2) is 14.7. The summed E-state index contributed by atoms with van der Waals surface area (Å²) in [6.45, 7) is 23.9. The molecular formula is C21H45N3O3. The van der Waals surface area contributed by atoms with E-state index in [1.807, 2.05) is 0 Å². The maximum atomic E-state index is 5.91. The van der Waals surface area contributed by atoms with Crippen LogP contribution in [-0.4, -0.2) is 112 Å². The third-order valence-electron chi connectivity index (χ3n) is 5.33. The molecule has 1 fully saturated rings. The minimum absolute atomic E-state index is 0.513. The van der Waals surface area contributed by atoms with Crippen molar-refractivity contribution in [2.45, 2.75) is 59.7 Å². The summed E-state index contributed by atoms with van der Waals surface area (Å²) in [5.41, 5.74) is 0. The fourth-order valence-electron chi connectivity index (χ4n) is 3.28. The van der Waals surface area contributed by atoms with Gasteiger partial charge in [0, 0.05) is 57.4 Å². The Morgan fingerprint density at radius 1 is 0.407 bits per heavy atom. The van der Waals surface area contributed by atoms with E-state index >= 15 is 0 Å². The van der Waals surface area contributed by atoms with E-state index in [1.165, 1.54) is 0 Å². The molecule has 1 heterocycles. The van der Waals surface area contributed by atoms with Gasteiger partial charge in [-0.15, -0.1) is 0 Å². The normalized spacial score (nSPS) is 23.0. The van der Waals surface area contributed by atoms with Crippen molar-refractivity contribution < 1.29 is 14.2 Å². The Balaban J connectivity index is 2.56. The molecule has 0 spiro atoms. The SMILES string of the molecule is CC(C)N1CCOCCN(C(C)C)CCOCCN(C(C)C)CCOCC1. The van der Waals surface area contributed by atoms with Crippen LogP contribution < -0.4 is 0 Å². The van der Waals surface area contributed by atoms with Gasteiger partial charge in [0.25, 0.3) is 0 Å². The molecular weight excluding hydrogens is 342 g/mol. The first-order valence-electron chi connectivity index (χ1n) is 10.9. The van der Waals surface area contributed by atoms with Crippen molar-refractivity contribution in [1.29, 1.82) is 0 Å². The molecule has 0 aromatic heterocycles. The highest BCUT2D eigenvalue weighted by Crippen LogP contribution is 2.02. The zero-order valence-electron chi connectivity index (χ0n) is 18.8. The molecule has 0 aromatic rings. The van der Waals surface area contributed by atoms with E-state index in [9.17, 15) is 0 Å². The minimum atomic E-state index is 0.513. The van der Waals surface area contributed by atoms with Crippen molar-refractivity contribution in [2.75, 3.05) is 78.9 Å². The number of hydrogen-bond donors (Lipinski definition) is 0. The zero-order chi connectivity index (χ0) is 20.1. The Morgan fingerprint density at radius 3 is 0.741 bits per heavy atom. The Morgan fingerprint density at radius 2 is 0.593 bits per heavy atom. The molecule has 0 unspecified atom stereocenters. The molecule has 0 bridgehead atoms. The predicted molar refractivity (Wildman–Crippen MR) is 113 cm³/mol. The van der Waals surface area contributed by atoms with E-state index in [2.05, 4.69) is 56.2 Å². The van der Waals surface area contributed by atoms with Crippen molar-refractivity contribution in [3.05, 3.63) is 0 Å². The van der Waals surface area contributed by atoms with Crippen LogP contribution in [0, 0.1) is 0 Å². The summed E-state index contributed by atoms with van der Waals surface area (Å²) in [4.78, 5) is 7.33. The van der Waals surface area contributed by atoms with Crippen molar-refractivity contribution >= 4 is 0 Å². The highest BCUT2D eigenvalue weighted by molar-refractivity contribution is 4.66. The van der Waals surface area contributed by atoms with Gasteiger partial charge >= 0.3 is 0 Å². The molecule has 27 heavy (non-hydrogen) atoms. The van der Waals surface area contributed by atoms with Gasteiger partial charge in [-0.25, -0.2) is 0 Å². The molecule has 6 heteroatoms. The summed E-state index contributed by atoms with van der Waals surface area (Å²) in [6.07, 6.45) is 0.